The van der Waals surface area contributed by atoms with Crippen LogP contribution in [0, 0.1) is 18.3 Å². The van der Waals surface area contributed by atoms with E-state index in [2.05, 4.69) is 21.4 Å². The quantitative estimate of drug-likeness (QED) is 0.744. The average molecular weight is 343 g/mol. The minimum atomic E-state index is 0.260. The summed E-state index contributed by atoms with van der Waals surface area (Å²) in [6, 6.07) is 9.65. The average Bonchev–Trinajstić information content (AvgIpc) is 2.65. The number of nitrogen functional groups attached to an aromatic ring is 1. The van der Waals surface area contributed by atoms with Crippen molar-refractivity contribution in [3.05, 3.63) is 41.1 Å². The van der Waals surface area contributed by atoms with E-state index >= 15 is 0 Å². The smallest absolute Gasteiger partial charge is 0.318 e. The van der Waals surface area contributed by atoms with Crippen LogP contribution in [0.15, 0.2) is 24.3 Å². The Labute approximate surface area is 148 Å². The number of aryl methyl sites for hydroxylation is 1. The molecule has 0 aliphatic rings. The van der Waals surface area contributed by atoms with Crippen molar-refractivity contribution < 1.29 is 9.47 Å². The Kier molecular flexibility index (Phi) is 8.75. The lowest BCUT2D eigenvalue weighted by Gasteiger charge is -2.12. The van der Waals surface area contributed by atoms with E-state index in [1.807, 2.05) is 26.0 Å². The van der Waals surface area contributed by atoms with Gasteiger partial charge in [-0.3, -0.25) is 0 Å². The molecule has 7 nitrogen and oxygen atoms in total. The maximum absolute atomic E-state index is 8.80. The molecule has 2 rings (SSSR count). The highest BCUT2D eigenvalue weighted by Crippen LogP contribution is 2.22. The predicted octanol–water partition coefficient (Wildman–Crippen LogP) is 2.90. The minimum absolute atomic E-state index is 0.260. The van der Waals surface area contributed by atoms with Gasteiger partial charge >= 0.3 is 6.01 Å². The van der Waals surface area contributed by atoms with Gasteiger partial charge in [0.2, 0.25) is 0 Å². The number of hydrogen-bond donors (Lipinski definition) is 2. The number of nitriles is 1. The number of rotatable bonds is 7. The van der Waals surface area contributed by atoms with E-state index in [9.17, 15) is 0 Å². The van der Waals surface area contributed by atoms with E-state index in [0.717, 1.165) is 5.56 Å². The summed E-state index contributed by atoms with van der Waals surface area (Å²) in [6.07, 6.45) is 0. The normalized spacial score (nSPS) is 9.56. The molecule has 0 saturated heterocycles. The zero-order chi connectivity index (χ0) is 18.7. The standard InChI is InChI=1S/C16H19N5O2.C2H6/c1-11-14(18)15(21-16(20-11)23-8-7-22-2)19-10-13-5-3-12(9-17)4-6-13;1-2/h3-6H,7-8,10,18H2,1-2H3,(H,19,20,21);1-2H3. The van der Waals surface area contributed by atoms with E-state index in [1.165, 1.54) is 0 Å². The summed E-state index contributed by atoms with van der Waals surface area (Å²) in [4.78, 5) is 8.47. The van der Waals surface area contributed by atoms with Gasteiger partial charge in [0.1, 0.15) is 6.61 Å². The second kappa shape index (κ2) is 10.8. The van der Waals surface area contributed by atoms with Crippen LogP contribution < -0.4 is 15.8 Å². The molecule has 0 saturated carbocycles. The summed E-state index contributed by atoms with van der Waals surface area (Å²) < 4.78 is 10.4. The first kappa shape index (κ1) is 20.2. The molecule has 2 aromatic rings. The molecule has 0 aliphatic heterocycles. The zero-order valence-electron chi connectivity index (χ0n) is 15.2. The maximum Gasteiger partial charge on any atom is 0.318 e. The van der Waals surface area contributed by atoms with Gasteiger partial charge in [0, 0.05) is 13.7 Å². The third-order valence-electron chi connectivity index (χ3n) is 3.18. The first-order chi connectivity index (χ1) is 12.1. The van der Waals surface area contributed by atoms with E-state index < -0.39 is 0 Å². The van der Waals surface area contributed by atoms with Gasteiger partial charge in [-0.1, -0.05) is 26.0 Å². The van der Waals surface area contributed by atoms with Crippen LogP contribution in [0.2, 0.25) is 0 Å². The highest BCUT2D eigenvalue weighted by molar-refractivity contribution is 5.64. The van der Waals surface area contributed by atoms with Gasteiger partial charge in [-0.05, 0) is 24.6 Å². The van der Waals surface area contributed by atoms with Gasteiger partial charge in [-0.15, -0.1) is 0 Å². The SMILES string of the molecule is CC.COCCOc1nc(C)c(N)c(NCc2ccc(C#N)cc2)n1. The summed E-state index contributed by atoms with van der Waals surface area (Å²) >= 11 is 0. The topological polar surface area (TPSA) is 106 Å². The fraction of sp³-hybridized carbons (Fsp3) is 0.389. The van der Waals surface area contributed by atoms with Crippen LogP contribution in [0.4, 0.5) is 11.5 Å². The predicted molar refractivity (Wildman–Crippen MR) is 98.4 cm³/mol. The van der Waals surface area contributed by atoms with Crippen molar-refractivity contribution in [3.8, 4) is 12.1 Å². The summed E-state index contributed by atoms with van der Waals surface area (Å²) in [6.45, 7) is 7.16. The molecular formula is C18H25N5O2. The second-order valence-electron chi connectivity index (χ2n) is 4.86. The van der Waals surface area contributed by atoms with Crippen LogP contribution in [0.25, 0.3) is 0 Å². The third-order valence-corrected chi connectivity index (χ3v) is 3.18. The van der Waals surface area contributed by atoms with Crippen LogP contribution in [-0.4, -0.2) is 30.3 Å². The van der Waals surface area contributed by atoms with Crippen LogP contribution >= 0.6 is 0 Å². The summed E-state index contributed by atoms with van der Waals surface area (Å²) in [5.74, 6) is 0.522. The van der Waals surface area contributed by atoms with Crippen molar-refractivity contribution in [2.45, 2.75) is 27.3 Å². The van der Waals surface area contributed by atoms with Crippen LogP contribution in [0.1, 0.15) is 30.7 Å². The molecule has 0 fully saturated rings. The van der Waals surface area contributed by atoms with Gasteiger partial charge in [0.25, 0.3) is 0 Å². The molecule has 0 aliphatic carbocycles. The molecule has 25 heavy (non-hydrogen) atoms. The van der Waals surface area contributed by atoms with Crippen molar-refractivity contribution in [1.82, 2.24) is 9.97 Å². The Morgan fingerprint density at radius 1 is 1.16 bits per heavy atom. The molecule has 1 aromatic carbocycles. The Bertz CT molecular complexity index is 696. The summed E-state index contributed by atoms with van der Waals surface area (Å²) in [5, 5.41) is 12.0. The van der Waals surface area contributed by atoms with Crippen molar-refractivity contribution in [3.63, 3.8) is 0 Å². The molecule has 1 aromatic heterocycles. The molecule has 1 heterocycles. The second-order valence-corrected chi connectivity index (χ2v) is 4.86. The van der Waals surface area contributed by atoms with Crippen molar-refractivity contribution in [2.75, 3.05) is 31.4 Å². The molecule has 0 atom stereocenters. The summed E-state index contributed by atoms with van der Waals surface area (Å²) in [7, 11) is 1.60. The maximum atomic E-state index is 8.80. The molecule has 0 radical (unpaired) electrons. The fourth-order valence-electron chi connectivity index (χ4n) is 1.85. The zero-order valence-corrected chi connectivity index (χ0v) is 15.2. The Balaban J connectivity index is 0.00000151. The molecule has 7 heteroatoms. The molecule has 0 bridgehead atoms. The van der Waals surface area contributed by atoms with Crippen LogP contribution in [0.5, 0.6) is 6.01 Å². The highest BCUT2D eigenvalue weighted by Gasteiger charge is 2.09. The number of nitrogens with one attached hydrogen (secondary N) is 1. The molecular weight excluding hydrogens is 318 g/mol. The number of methoxy groups -OCH3 is 1. The lowest BCUT2D eigenvalue weighted by Crippen LogP contribution is -2.11. The number of nitrogens with two attached hydrogens (primary N) is 1. The largest absolute Gasteiger partial charge is 0.461 e. The molecule has 0 unspecified atom stereocenters. The number of anilines is 2. The van der Waals surface area contributed by atoms with Gasteiger partial charge in [-0.25, -0.2) is 0 Å². The number of aromatic nitrogens is 2. The first-order valence-corrected chi connectivity index (χ1v) is 8.12. The van der Waals surface area contributed by atoms with Crippen molar-refractivity contribution in [1.29, 1.82) is 5.26 Å². The van der Waals surface area contributed by atoms with Crippen LogP contribution in [-0.2, 0) is 11.3 Å². The van der Waals surface area contributed by atoms with Gasteiger partial charge in [0.05, 0.1) is 29.6 Å². The molecule has 0 amide bonds. The Morgan fingerprint density at radius 3 is 2.44 bits per heavy atom. The monoisotopic (exact) mass is 343 g/mol. The number of benzene rings is 1. The Morgan fingerprint density at radius 2 is 1.84 bits per heavy atom. The Hall–Kier alpha value is -2.85. The molecule has 0 spiro atoms. The van der Waals surface area contributed by atoms with E-state index in [1.54, 1.807) is 26.2 Å². The van der Waals surface area contributed by atoms with E-state index in [-0.39, 0.29) is 6.01 Å². The minimum Gasteiger partial charge on any atom is -0.461 e. The number of ether oxygens (including phenoxy) is 2. The number of nitrogens with zero attached hydrogens (tertiary/aromatic N) is 3. The van der Waals surface area contributed by atoms with Crippen molar-refractivity contribution >= 4 is 11.5 Å². The van der Waals surface area contributed by atoms with Gasteiger partial charge < -0.3 is 20.5 Å². The lowest BCUT2D eigenvalue weighted by molar-refractivity contribution is 0.141. The third kappa shape index (κ3) is 6.28. The summed E-state index contributed by atoms with van der Waals surface area (Å²) in [5.41, 5.74) is 8.78. The van der Waals surface area contributed by atoms with E-state index in [4.69, 9.17) is 20.5 Å². The van der Waals surface area contributed by atoms with Gasteiger partial charge in [-0.2, -0.15) is 15.2 Å². The van der Waals surface area contributed by atoms with E-state index in [0.29, 0.717) is 42.5 Å². The molecule has 134 valence electrons. The van der Waals surface area contributed by atoms with Crippen LogP contribution in [0.3, 0.4) is 0 Å². The van der Waals surface area contributed by atoms with Crippen molar-refractivity contribution in [2.24, 2.45) is 0 Å². The number of hydrogen-bond acceptors (Lipinski definition) is 7. The van der Waals surface area contributed by atoms with Gasteiger partial charge in [0.15, 0.2) is 5.82 Å². The lowest BCUT2D eigenvalue weighted by atomic mass is 10.1. The molecule has 3 N–H and O–H groups in total. The highest BCUT2D eigenvalue weighted by atomic mass is 16.5. The fourth-order valence-corrected chi connectivity index (χ4v) is 1.85. The first-order valence-electron chi connectivity index (χ1n) is 8.12.